The van der Waals surface area contributed by atoms with E-state index >= 15 is 0 Å². The largest absolute Gasteiger partial charge is 0.494 e. The van der Waals surface area contributed by atoms with Crippen molar-refractivity contribution in [1.82, 2.24) is 15.8 Å². The van der Waals surface area contributed by atoms with Gasteiger partial charge in [0, 0.05) is 19.0 Å². The molecule has 6 nitrogen and oxygen atoms in total. The number of carbonyl (C=O) groups is 1. The van der Waals surface area contributed by atoms with Gasteiger partial charge in [0.25, 0.3) is 0 Å². The monoisotopic (exact) mass is 455 g/mol. The van der Waals surface area contributed by atoms with E-state index < -0.39 is 5.41 Å². The topological polar surface area (TPSA) is 62.8 Å². The van der Waals surface area contributed by atoms with Gasteiger partial charge in [-0.15, -0.1) is 0 Å². The molecule has 0 aromatic heterocycles. The molecule has 0 saturated carbocycles. The smallest absolute Gasteiger partial charge is 0.312 e. The number of hydrogen-bond donors (Lipinski definition) is 2. The molecule has 2 fully saturated rings. The van der Waals surface area contributed by atoms with Crippen molar-refractivity contribution in [3.8, 4) is 5.75 Å². The van der Waals surface area contributed by atoms with Crippen LogP contribution in [-0.4, -0.2) is 50.3 Å². The fraction of sp³-hybridized carbons (Fsp3) is 0.500. The molecule has 2 atom stereocenters. The van der Waals surface area contributed by atoms with Crippen LogP contribution in [0.3, 0.4) is 0 Å². The lowest BCUT2D eigenvalue weighted by molar-refractivity contribution is -0.159. The molecular weight excluding hydrogens is 421 g/mol. The molecule has 178 valence electrons. The Morgan fingerprint density at radius 2 is 1.85 bits per heavy atom. The Kier molecular flexibility index (Phi) is 7.96. The van der Waals surface area contributed by atoms with Crippen molar-refractivity contribution in [2.45, 2.75) is 32.2 Å². The lowest BCUT2D eigenvalue weighted by Crippen LogP contribution is -2.47. The van der Waals surface area contributed by atoms with Gasteiger partial charge in [-0.05, 0) is 69.1 Å². The molecule has 2 unspecified atom stereocenters. The lowest BCUT2D eigenvalue weighted by Gasteiger charge is -2.41. The SMILES string of the molecule is CCOC(=O)C1(CCOc2ccccc2)CCN(CC2CNNC2c2ccc(F)cc2)CC1. The van der Waals surface area contributed by atoms with Crippen LogP contribution in [-0.2, 0) is 9.53 Å². The second-order valence-corrected chi connectivity index (χ2v) is 9.03. The number of nitrogens with one attached hydrogen (secondary N) is 2. The molecule has 0 amide bonds. The zero-order valence-electron chi connectivity index (χ0n) is 19.3. The van der Waals surface area contributed by atoms with E-state index in [4.69, 9.17) is 9.47 Å². The molecule has 0 bridgehead atoms. The number of hydrazine groups is 1. The van der Waals surface area contributed by atoms with E-state index in [0.717, 1.165) is 50.3 Å². The highest BCUT2D eigenvalue weighted by Gasteiger charge is 2.43. The Bertz CT molecular complexity index is 885. The summed E-state index contributed by atoms with van der Waals surface area (Å²) in [6.07, 6.45) is 2.18. The predicted octanol–water partition coefficient (Wildman–Crippen LogP) is 3.71. The summed E-state index contributed by atoms with van der Waals surface area (Å²) in [5.41, 5.74) is 7.18. The van der Waals surface area contributed by atoms with Gasteiger partial charge >= 0.3 is 5.97 Å². The standard InChI is InChI=1S/C26H34FN3O3/c1-2-32-25(31)26(14-17-33-23-6-4-3-5-7-23)12-15-30(16-13-26)19-21-18-28-29-24(21)20-8-10-22(27)11-9-20/h3-11,21,24,28-29H,2,12-19H2,1H3. The van der Waals surface area contributed by atoms with E-state index in [1.807, 2.05) is 49.4 Å². The van der Waals surface area contributed by atoms with E-state index in [1.54, 1.807) is 0 Å². The van der Waals surface area contributed by atoms with Crippen LogP contribution in [0, 0.1) is 17.2 Å². The number of nitrogens with zero attached hydrogens (tertiary/aromatic N) is 1. The van der Waals surface area contributed by atoms with Crippen LogP contribution in [0.2, 0.25) is 0 Å². The highest BCUT2D eigenvalue weighted by atomic mass is 19.1. The Hall–Kier alpha value is -2.48. The number of carbonyl (C=O) groups excluding carboxylic acids is 1. The van der Waals surface area contributed by atoms with Crippen LogP contribution in [0.25, 0.3) is 0 Å². The maximum absolute atomic E-state index is 13.3. The van der Waals surface area contributed by atoms with Crippen molar-refractivity contribution in [3.05, 3.63) is 66.0 Å². The Morgan fingerprint density at radius 3 is 2.55 bits per heavy atom. The van der Waals surface area contributed by atoms with Crippen molar-refractivity contribution in [1.29, 1.82) is 0 Å². The number of halogens is 1. The summed E-state index contributed by atoms with van der Waals surface area (Å²) in [5.74, 6) is 0.868. The summed E-state index contributed by atoms with van der Waals surface area (Å²) in [7, 11) is 0. The molecule has 33 heavy (non-hydrogen) atoms. The fourth-order valence-corrected chi connectivity index (χ4v) is 4.95. The number of likely N-dealkylation sites (tertiary alicyclic amines) is 1. The van der Waals surface area contributed by atoms with Crippen molar-refractivity contribution in [2.75, 3.05) is 39.4 Å². The minimum atomic E-state index is -0.496. The van der Waals surface area contributed by atoms with Gasteiger partial charge in [-0.1, -0.05) is 30.3 Å². The Labute approximate surface area is 195 Å². The number of para-hydroxylation sites is 1. The van der Waals surface area contributed by atoms with Crippen LogP contribution in [0.1, 0.15) is 37.8 Å². The molecule has 4 rings (SSSR count). The number of esters is 1. The predicted molar refractivity (Wildman–Crippen MR) is 125 cm³/mol. The van der Waals surface area contributed by atoms with Crippen molar-refractivity contribution in [2.24, 2.45) is 11.3 Å². The summed E-state index contributed by atoms with van der Waals surface area (Å²) in [4.78, 5) is 15.4. The first-order valence-electron chi connectivity index (χ1n) is 11.9. The molecular formula is C26H34FN3O3. The number of piperidine rings is 1. The van der Waals surface area contributed by atoms with Crippen LogP contribution < -0.4 is 15.6 Å². The fourth-order valence-electron chi connectivity index (χ4n) is 4.95. The maximum Gasteiger partial charge on any atom is 0.312 e. The van der Waals surface area contributed by atoms with Gasteiger partial charge in [0.2, 0.25) is 0 Å². The first kappa shape index (κ1) is 23.7. The maximum atomic E-state index is 13.3. The highest BCUT2D eigenvalue weighted by Crippen LogP contribution is 2.38. The van der Waals surface area contributed by atoms with Gasteiger partial charge in [0.05, 0.1) is 24.7 Å². The molecule has 2 N–H and O–H groups in total. The number of rotatable bonds is 9. The average Bonchev–Trinajstić information content (AvgIpc) is 3.30. The normalized spacial score (nSPS) is 22.7. The van der Waals surface area contributed by atoms with Crippen molar-refractivity contribution in [3.63, 3.8) is 0 Å². The second-order valence-electron chi connectivity index (χ2n) is 9.03. The summed E-state index contributed by atoms with van der Waals surface area (Å²) in [6, 6.07) is 16.6. The molecule has 0 aliphatic carbocycles. The van der Waals surface area contributed by atoms with Crippen molar-refractivity contribution >= 4 is 5.97 Å². The molecule has 0 radical (unpaired) electrons. The van der Waals surface area contributed by atoms with Gasteiger partial charge in [0.15, 0.2) is 0 Å². The van der Waals surface area contributed by atoms with E-state index in [2.05, 4.69) is 15.8 Å². The summed E-state index contributed by atoms with van der Waals surface area (Å²) < 4.78 is 24.7. The minimum absolute atomic E-state index is 0.102. The first-order valence-corrected chi connectivity index (χ1v) is 11.9. The van der Waals surface area contributed by atoms with E-state index in [1.165, 1.54) is 12.1 Å². The molecule has 2 aromatic carbocycles. The summed E-state index contributed by atoms with van der Waals surface area (Å²) >= 11 is 0. The zero-order chi connectivity index (χ0) is 23.1. The Morgan fingerprint density at radius 1 is 1.12 bits per heavy atom. The van der Waals surface area contributed by atoms with Gasteiger partial charge in [-0.3, -0.25) is 10.2 Å². The van der Waals surface area contributed by atoms with E-state index in [0.29, 0.717) is 25.6 Å². The van der Waals surface area contributed by atoms with E-state index in [9.17, 15) is 9.18 Å². The van der Waals surface area contributed by atoms with E-state index in [-0.39, 0.29) is 17.8 Å². The molecule has 2 aromatic rings. The third kappa shape index (κ3) is 5.91. The number of benzene rings is 2. The molecule has 2 heterocycles. The van der Waals surface area contributed by atoms with Gasteiger partial charge in [-0.2, -0.15) is 0 Å². The highest BCUT2D eigenvalue weighted by molar-refractivity contribution is 5.77. The minimum Gasteiger partial charge on any atom is -0.494 e. The molecule has 2 aliphatic rings. The lowest BCUT2D eigenvalue weighted by atomic mass is 9.75. The van der Waals surface area contributed by atoms with Gasteiger partial charge in [0.1, 0.15) is 11.6 Å². The summed E-state index contributed by atoms with van der Waals surface area (Å²) in [6.45, 7) is 6.20. The number of ether oxygens (including phenoxy) is 2. The average molecular weight is 456 g/mol. The second kappa shape index (κ2) is 11.1. The zero-order valence-corrected chi connectivity index (χ0v) is 19.3. The van der Waals surface area contributed by atoms with Crippen LogP contribution in [0.15, 0.2) is 54.6 Å². The number of hydrogen-bond acceptors (Lipinski definition) is 6. The molecule has 7 heteroatoms. The summed E-state index contributed by atoms with van der Waals surface area (Å²) in [5, 5.41) is 0. The van der Waals surface area contributed by atoms with Crippen molar-refractivity contribution < 1.29 is 18.7 Å². The van der Waals surface area contributed by atoms with Gasteiger partial charge in [-0.25, -0.2) is 9.82 Å². The Balaban J connectivity index is 1.34. The van der Waals surface area contributed by atoms with Gasteiger partial charge < -0.3 is 14.4 Å². The van der Waals surface area contributed by atoms with Crippen LogP contribution in [0.5, 0.6) is 5.75 Å². The third-order valence-corrected chi connectivity index (χ3v) is 6.93. The van der Waals surface area contributed by atoms with Crippen LogP contribution in [0.4, 0.5) is 4.39 Å². The van der Waals surface area contributed by atoms with Crippen LogP contribution >= 0.6 is 0 Å². The molecule has 2 aliphatic heterocycles. The molecule has 0 spiro atoms. The third-order valence-electron chi connectivity index (χ3n) is 6.93. The molecule has 2 saturated heterocycles. The first-order chi connectivity index (χ1) is 16.1. The quantitative estimate of drug-likeness (QED) is 0.562.